The second-order valence-electron chi connectivity index (χ2n) is 4.33. The highest BCUT2D eigenvalue weighted by molar-refractivity contribution is 5.91. The summed E-state index contributed by atoms with van der Waals surface area (Å²) in [4.78, 5) is 30.1. The van der Waals surface area contributed by atoms with E-state index in [0.29, 0.717) is 31.4 Å². The van der Waals surface area contributed by atoms with Crippen molar-refractivity contribution >= 4 is 11.7 Å². The highest BCUT2D eigenvalue weighted by Gasteiger charge is 2.43. The Kier molecular flexibility index (Phi) is 3.39. The molecule has 0 atom stereocenters. The van der Waals surface area contributed by atoms with Crippen LogP contribution in [0.2, 0.25) is 0 Å². The van der Waals surface area contributed by atoms with E-state index in [9.17, 15) is 9.59 Å². The van der Waals surface area contributed by atoms with Gasteiger partial charge in [0.25, 0.3) is 0 Å². The molecule has 0 bridgehead atoms. The maximum atomic E-state index is 12.1. The Morgan fingerprint density at radius 1 is 1.39 bits per heavy atom. The van der Waals surface area contributed by atoms with Gasteiger partial charge in [-0.2, -0.15) is 0 Å². The quantitative estimate of drug-likeness (QED) is 0.453. The average Bonchev–Trinajstić information content (AvgIpc) is 2.41. The SMILES string of the molecule is [N-]=[N+]=NC(=O)C1(c2ccccn2)CCC(=O)CC1. The van der Waals surface area contributed by atoms with Crippen LogP contribution in [0.1, 0.15) is 31.4 Å². The first-order valence-electron chi connectivity index (χ1n) is 5.72. The van der Waals surface area contributed by atoms with E-state index in [1.54, 1.807) is 24.4 Å². The van der Waals surface area contributed by atoms with Gasteiger partial charge >= 0.3 is 0 Å². The molecule has 0 aromatic carbocycles. The Hall–Kier alpha value is -2.20. The number of carbonyl (C=O) groups is 2. The van der Waals surface area contributed by atoms with Crippen LogP contribution >= 0.6 is 0 Å². The third-order valence-electron chi connectivity index (χ3n) is 3.36. The van der Waals surface area contributed by atoms with E-state index in [2.05, 4.69) is 15.0 Å². The first-order valence-corrected chi connectivity index (χ1v) is 5.72. The summed E-state index contributed by atoms with van der Waals surface area (Å²) in [5, 5.41) is 3.21. The third-order valence-corrected chi connectivity index (χ3v) is 3.36. The van der Waals surface area contributed by atoms with Gasteiger partial charge in [0.15, 0.2) is 0 Å². The summed E-state index contributed by atoms with van der Waals surface area (Å²) in [6.45, 7) is 0. The summed E-state index contributed by atoms with van der Waals surface area (Å²) in [7, 11) is 0. The Labute approximate surface area is 104 Å². The van der Waals surface area contributed by atoms with Gasteiger partial charge in [-0.1, -0.05) is 6.07 Å². The zero-order chi connectivity index (χ0) is 13.0. The fraction of sp³-hybridized carbons (Fsp3) is 0.417. The molecule has 0 radical (unpaired) electrons. The molecule has 1 aromatic heterocycles. The number of hydrogen-bond donors (Lipinski definition) is 0. The molecule has 2 rings (SSSR count). The number of pyridine rings is 1. The highest BCUT2D eigenvalue weighted by atomic mass is 16.2. The molecular weight excluding hydrogens is 232 g/mol. The van der Waals surface area contributed by atoms with Crippen LogP contribution in [0.4, 0.5) is 0 Å². The molecule has 92 valence electrons. The number of nitrogens with zero attached hydrogens (tertiary/aromatic N) is 4. The minimum atomic E-state index is -0.929. The molecule has 1 aromatic rings. The van der Waals surface area contributed by atoms with E-state index in [1.807, 2.05) is 0 Å². The van der Waals surface area contributed by atoms with Gasteiger partial charge in [-0.25, -0.2) is 0 Å². The molecule has 1 amide bonds. The van der Waals surface area contributed by atoms with Crippen LogP contribution in [-0.4, -0.2) is 16.7 Å². The van der Waals surface area contributed by atoms with Gasteiger partial charge < -0.3 is 0 Å². The van der Waals surface area contributed by atoms with Gasteiger partial charge in [-0.3, -0.25) is 14.6 Å². The van der Waals surface area contributed by atoms with Crippen molar-refractivity contribution in [3.63, 3.8) is 0 Å². The van der Waals surface area contributed by atoms with Crippen molar-refractivity contribution in [2.24, 2.45) is 5.11 Å². The Morgan fingerprint density at radius 2 is 2.11 bits per heavy atom. The van der Waals surface area contributed by atoms with E-state index in [0.717, 1.165) is 0 Å². The van der Waals surface area contributed by atoms with Crippen molar-refractivity contribution in [2.75, 3.05) is 0 Å². The third kappa shape index (κ3) is 2.10. The first-order chi connectivity index (χ1) is 8.69. The van der Waals surface area contributed by atoms with Crippen molar-refractivity contribution in [1.82, 2.24) is 4.98 Å². The number of Topliss-reactive ketones (excluding diaryl/α,β-unsaturated/α-hetero) is 1. The smallest absolute Gasteiger partial charge is 0.231 e. The molecular formula is C12H12N4O2. The van der Waals surface area contributed by atoms with Crippen molar-refractivity contribution in [3.8, 4) is 0 Å². The molecule has 1 heterocycles. The van der Waals surface area contributed by atoms with Gasteiger partial charge in [0, 0.05) is 24.0 Å². The van der Waals surface area contributed by atoms with Crippen LogP contribution in [0.15, 0.2) is 29.5 Å². The lowest BCUT2D eigenvalue weighted by Gasteiger charge is -2.33. The summed E-state index contributed by atoms with van der Waals surface area (Å²) in [5.41, 5.74) is 8.08. The molecule has 6 nitrogen and oxygen atoms in total. The maximum Gasteiger partial charge on any atom is 0.231 e. The molecule has 0 saturated heterocycles. The first kappa shape index (κ1) is 12.3. The Bertz CT molecular complexity index is 510. The van der Waals surface area contributed by atoms with E-state index >= 15 is 0 Å². The van der Waals surface area contributed by atoms with Crippen molar-refractivity contribution < 1.29 is 9.59 Å². The lowest BCUT2D eigenvalue weighted by Crippen LogP contribution is -2.39. The topological polar surface area (TPSA) is 95.8 Å². The summed E-state index contributed by atoms with van der Waals surface area (Å²) in [5.74, 6) is -0.411. The molecule has 0 N–H and O–H groups in total. The largest absolute Gasteiger partial charge is 0.300 e. The monoisotopic (exact) mass is 244 g/mol. The van der Waals surface area contributed by atoms with Crippen molar-refractivity contribution in [3.05, 3.63) is 40.5 Å². The lowest BCUT2D eigenvalue weighted by atomic mass is 9.70. The molecule has 1 saturated carbocycles. The Morgan fingerprint density at radius 3 is 2.67 bits per heavy atom. The molecule has 1 aliphatic rings. The molecule has 1 aliphatic carbocycles. The van der Waals surface area contributed by atoms with Gasteiger partial charge in [-0.15, -0.1) is 0 Å². The fourth-order valence-corrected chi connectivity index (χ4v) is 2.32. The molecule has 1 fully saturated rings. The zero-order valence-corrected chi connectivity index (χ0v) is 9.74. The number of rotatable bonds is 2. The van der Waals surface area contributed by atoms with Gasteiger partial charge in [0.1, 0.15) is 5.78 Å². The predicted octanol–water partition coefficient (Wildman–Crippen LogP) is 2.30. The Balaban J connectivity index is 2.43. The summed E-state index contributed by atoms with van der Waals surface area (Å²) in [6.07, 6.45) is 2.96. The van der Waals surface area contributed by atoms with Crippen LogP contribution < -0.4 is 0 Å². The zero-order valence-electron chi connectivity index (χ0n) is 9.74. The number of carbonyl (C=O) groups excluding carboxylic acids is 2. The summed E-state index contributed by atoms with van der Waals surface area (Å²) < 4.78 is 0. The predicted molar refractivity (Wildman–Crippen MR) is 63.5 cm³/mol. The molecule has 6 heteroatoms. The van der Waals surface area contributed by atoms with E-state index < -0.39 is 11.3 Å². The molecule has 0 spiro atoms. The number of aromatic nitrogens is 1. The van der Waals surface area contributed by atoms with Crippen LogP contribution in [-0.2, 0) is 15.0 Å². The average molecular weight is 244 g/mol. The second kappa shape index (κ2) is 4.98. The van der Waals surface area contributed by atoms with E-state index in [-0.39, 0.29) is 5.78 Å². The van der Waals surface area contributed by atoms with Crippen LogP contribution in [0, 0.1) is 0 Å². The minimum absolute atomic E-state index is 0.135. The van der Waals surface area contributed by atoms with E-state index in [1.165, 1.54) is 0 Å². The van der Waals surface area contributed by atoms with Gasteiger partial charge in [-0.05, 0) is 35.6 Å². The van der Waals surface area contributed by atoms with Gasteiger partial charge in [0.2, 0.25) is 5.91 Å². The maximum absolute atomic E-state index is 12.1. The number of amides is 1. The standard InChI is InChI=1S/C12H12N4O2/c13-16-15-11(18)12(6-4-9(17)5-7-12)10-3-1-2-8-14-10/h1-3,8H,4-7H2. The number of hydrogen-bond acceptors (Lipinski definition) is 3. The second-order valence-corrected chi connectivity index (χ2v) is 4.33. The summed E-state index contributed by atoms with van der Waals surface area (Å²) in [6, 6.07) is 5.27. The fourth-order valence-electron chi connectivity index (χ4n) is 2.32. The molecule has 0 aliphatic heterocycles. The minimum Gasteiger partial charge on any atom is -0.300 e. The van der Waals surface area contributed by atoms with Crippen LogP contribution in [0.25, 0.3) is 10.4 Å². The normalized spacial score (nSPS) is 17.9. The van der Waals surface area contributed by atoms with Crippen molar-refractivity contribution in [2.45, 2.75) is 31.1 Å². The van der Waals surface area contributed by atoms with Crippen molar-refractivity contribution in [1.29, 1.82) is 0 Å². The lowest BCUT2D eigenvalue weighted by molar-refractivity contribution is -0.128. The van der Waals surface area contributed by atoms with E-state index in [4.69, 9.17) is 5.53 Å². The highest BCUT2D eigenvalue weighted by Crippen LogP contribution is 2.38. The van der Waals surface area contributed by atoms with Crippen LogP contribution in [0.5, 0.6) is 0 Å². The summed E-state index contributed by atoms with van der Waals surface area (Å²) >= 11 is 0. The van der Waals surface area contributed by atoms with Crippen LogP contribution in [0.3, 0.4) is 0 Å². The van der Waals surface area contributed by atoms with Gasteiger partial charge in [0.05, 0.1) is 11.1 Å². The number of ketones is 1. The molecule has 18 heavy (non-hydrogen) atoms. The number of azide groups is 1. The molecule has 0 unspecified atom stereocenters.